The molecule has 0 atom stereocenters. The molecule has 0 bridgehead atoms. The number of hydrogen-bond acceptors (Lipinski definition) is 6. The molecule has 2 rings (SSSR count). The number of nitrogens with one attached hydrogen (secondary N) is 2. The zero-order chi connectivity index (χ0) is 16.0. The van der Waals surface area contributed by atoms with E-state index < -0.39 is 15.3 Å². The van der Waals surface area contributed by atoms with Crippen LogP contribution in [0.25, 0.3) is 0 Å². The second-order valence-electron chi connectivity index (χ2n) is 4.82. The predicted molar refractivity (Wildman–Crippen MR) is 91.0 cm³/mol. The SMILES string of the molecule is C=S(=C)(Cc1ccccc1)NCCNC(=O)c1nonc1N. The second kappa shape index (κ2) is 7.10. The minimum atomic E-state index is -1.47. The summed E-state index contributed by atoms with van der Waals surface area (Å²) in [6.45, 7) is 0.950. The van der Waals surface area contributed by atoms with Crippen LogP contribution in [0, 0.1) is 0 Å². The summed E-state index contributed by atoms with van der Waals surface area (Å²) in [6.07, 6.45) is 0. The van der Waals surface area contributed by atoms with Gasteiger partial charge < -0.3 is 11.1 Å². The Hall–Kier alpha value is -2.32. The maximum atomic E-state index is 11.7. The van der Waals surface area contributed by atoms with Gasteiger partial charge in [0.05, 0.1) is 0 Å². The summed E-state index contributed by atoms with van der Waals surface area (Å²) in [5.74, 6) is 8.60. The van der Waals surface area contributed by atoms with Gasteiger partial charge in [0.2, 0.25) is 11.5 Å². The summed E-state index contributed by atoms with van der Waals surface area (Å²) in [4.78, 5) is 11.7. The number of carbonyl (C=O) groups is 1. The normalized spacial score (nSPS) is 11.3. The van der Waals surface area contributed by atoms with E-state index in [1.165, 1.54) is 5.56 Å². The monoisotopic (exact) mass is 321 g/mol. The third-order valence-electron chi connectivity index (χ3n) is 2.83. The van der Waals surface area contributed by atoms with Gasteiger partial charge >= 0.3 is 0 Å². The molecular weight excluding hydrogens is 302 g/mol. The van der Waals surface area contributed by atoms with Crippen molar-refractivity contribution in [1.29, 1.82) is 0 Å². The highest BCUT2D eigenvalue weighted by atomic mass is 32.2. The van der Waals surface area contributed by atoms with Gasteiger partial charge in [-0.2, -0.15) is 9.39 Å². The lowest BCUT2D eigenvalue weighted by Gasteiger charge is -2.16. The van der Waals surface area contributed by atoms with Crippen LogP contribution in [0.1, 0.15) is 16.1 Å². The number of carbonyl (C=O) groups excluding carboxylic acids is 1. The Balaban J connectivity index is 1.76. The van der Waals surface area contributed by atoms with Crippen LogP contribution in [0.15, 0.2) is 35.0 Å². The van der Waals surface area contributed by atoms with Crippen molar-refractivity contribution in [3.8, 4) is 0 Å². The Kier molecular flexibility index (Phi) is 5.18. The first-order chi connectivity index (χ1) is 10.5. The summed E-state index contributed by atoms with van der Waals surface area (Å²) in [7, 11) is -1.47. The fourth-order valence-corrected chi connectivity index (χ4v) is 3.29. The van der Waals surface area contributed by atoms with Crippen molar-refractivity contribution < 1.29 is 9.42 Å². The molecule has 0 radical (unpaired) electrons. The maximum Gasteiger partial charge on any atom is 0.277 e. The van der Waals surface area contributed by atoms with Crippen molar-refractivity contribution in [2.75, 3.05) is 18.8 Å². The number of nitrogen functional groups attached to an aromatic ring is 1. The molecule has 1 aromatic carbocycles. The zero-order valence-electron chi connectivity index (χ0n) is 12.1. The molecule has 1 aromatic heterocycles. The average Bonchev–Trinajstić information content (AvgIpc) is 2.90. The van der Waals surface area contributed by atoms with Crippen LogP contribution in [-0.2, 0) is 5.75 Å². The van der Waals surface area contributed by atoms with E-state index in [0.717, 1.165) is 5.75 Å². The van der Waals surface area contributed by atoms with E-state index in [1.54, 1.807) is 0 Å². The van der Waals surface area contributed by atoms with Crippen LogP contribution >= 0.6 is 9.39 Å². The molecule has 2 aromatic rings. The lowest BCUT2D eigenvalue weighted by Crippen LogP contribution is -2.31. The molecule has 0 saturated heterocycles. The quantitative estimate of drug-likeness (QED) is 0.513. The van der Waals surface area contributed by atoms with Gasteiger partial charge in [0.15, 0.2) is 0 Å². The number of amides is 1. The molecule has 0 unspecified atom stereocenters. The molecule has 8 heteroatoms. The summed E-state index contributed by atoms with van der Waals surface area (Å²) in [5.41, 5.74) is 6.61. The molecule has 118 valence electrons. The van der Waals surface area contributed by atoms with Crippen LogP contribution in [0.2, 0.25) is 0 Å². The number of anilines is 1. The minimum Gasteiger partial charge on any atom is -0.379 e. The highest BCUT2D eigenvalue weighted by Gasteiger charge is 2.14. The number of hydrogen-bond donors (Lipinski definition) is 3. The first kappa shape index (κ1) is 16.1. The topological polar surface area (TPSA) is 106 Å². The molecule has 0 aliphatic carbocycles. The molecule has 1 heterocycles. The Bertz CT molecular complexity index is 725. The van der Waals surface area contributed by atoms with E-state index in [1.807, 2.05) is 30.3 Å². The van der Waals surface area contributed by atoms with E-state index >= 15 is 0 Å². The first-order valence-electron chi connectivity index (χ1n) is 6.60. The molecule has 7 nitrogen and oxygen atoms in total. The van der Waals surface area contributed by atoms with Crippen molar-refractivity contribution >= 4 is 32.9 Å². The van der Waals surface area contributed by atoms with Crippen molar-refractivity contribution in [2.45, 2.75) is 5.75 Å². The lowest BCUT2D eigenvalue weighted by atomic mass is 10.2. The van der Waals surface area contributed by atoms with E-state index in [0.29, 0.717) is 13.1 Å². The molecule has 0 aliphatic heterocycles. The largest absolute Gasteiger partial charge is 0.379 e. The Morgan fingerprint density at radius 1 is 1.23 bits per heavy atom. The molecule has 0 fully saturated rings. The summed E-state index contributed by atoms with van der Waals surface area (Å²) < 4.78 is 7.65. The third-order valence-corrected chi connectivity index (χ3v) is 4.54. The zero-order valence-corrected chi connectivity index (χ0v) is 12.9. The fourth-order valence-electron chi connectivity index (χ4n) is 1.82. The number of nitrogens with zero attached hydrogens (tertiary/aromatic N) is 2. The molecule has 1 amide bonds. The summed E-state index contributed by atoms with van der Waals surface area (Å²) in [5, 5.41) is 9.46. The van der Waals surface area contributed by atoms with Crippen molar-refractivity contribution in [3.63, 3.8) is 0 Å². The van der Waals surface area contributed by atoms with Crippen molar-refractivity contribution in [3.05, 3.63) is 41.6 Å². The molecule has 0 spiro atoms. The van der Waals surface area contributed by atoms with Crippen LogP contribution < -0.4 is 15.8 Å². The van der Waals surface area contributed by atoms with Gasteiger partial charge in [-0.05, 0) is 15.9 Å². The standard InChI is InChI=1S/C14H19N5O2S/c1-22(2,10-11-6-4-3-5-7-11)17-9-8-16-14(20)12-13(15)19-21-18-12/h3-7,17H,1-2,8-10H2,(H2,15,19)(H,16,20). The maximum absolute atomic E-state index is 11.7. The van der Waals surface area contributed by atoms with E-state index in [9.17, 15) is 4.79 Å². The molecule has 4 N–H and O–H groups in total. The van der Waals surface area contributed by atoms with Crippen molar-refractivity contribution in [1.82, 2.24) is 20.4 Å². The molecular formula is C14H19N5O2S. The van der Waals surface area contributed by atoms with Crippen LogP contribution in [0.5, 0.6) is 0 Å². The van der Waals surface area contributed by atoms with Gasteiger partial charge in [-0.3, -0.25) is 9.52 Å². The van der Waals surface area contributed by atoms with Crippen molar-refractivity contribution in [2.24, 2.45) is 0 Å². The van der Waals surface area contributed by atoms with Gasteiger partial charge in [-0.15, -0.1) is 0 Å². The Labute approximate surface area is 129 Å². The highest BCUT2D eigenvalue weighted by Crippen LogP contribution is 2.20. The smallest absolute Gasteiger partial charge is 0.277 e. The fraction of sp³-hybridized carbons (Fsp3) is 0.214. The molecule has 0 saturated carbocycles. The minimum absolute atomic E-state index is 0.00728. The summed E-state index contributed by atoms with van der Waals surface area (Å²) >= 11 is 0. The number of aromatic nitrogens is 2. The number of nitrogens with two attached hydrogens (primary N) is 1. The lowest BCUT2D eigenvalue weighted by molar-refractivity contribution is 0.0945. The summed E-state index contributed by atoms with van der Waals surface area (Å²) in [6, 6.07) is 10.0. The number of benzene rings is 1. The number of rotatable bonds is 7. The van der Waals surface area contributed by atoms with Gasteiger partial charge in [0, 0.05) is 18.8 Å². The van der Waals surface area contributed by atoms with Gasteiger partial charge in [0.25, 0.3) is 5.91 Å². The predicted octanol–water partition coefficient (Wildman–Crippen LogP) is 0.755. The molecule has 22 heavy (non-hydrogen) atoms. The molecule has 0 aliphatic rings. The average molecular weight is 321 g/mol. The third kappa shape index (κ3) is 4.61. The van der Waals surface area contributed by atoms with E-state index in [4.69, 9.17) is 5.73 Å². The van der Waals surface area contributed by atoms with Crippen LogP contribution in [0.3, 0.4) is 0 Å². The van der Waals surface area contributed by atoms with Gasteiger partial charge in [0.1, 0.15) is 0 Å². The van der Waals surface area contributed by atoms with Crippen LogP contribution in [0.4, 0.5) is 5.82 Å². The van der Waals surface area contributed by atoms with Gasteiger partial charge in [-0.25, -0.2) is 4.63 Å². The second-order valence-corrected chi connectivity index (χ2v) is 7.49. The van der Waals surface area contributed by atoms with Gasteiger partial charge in [-0.1, -0.05) is 42.1 Å². The highest BCUT2D eigenvalue weighted by molar-refractivity contribution is 8.25. The van der Waals surface area contributed by atoms with Crippen LogP contribution in [-0.4, -0.2) is 41.1 Å². The first-order valence-corrected chi connectivity index (χ1v) is 8.74. The van der Waals surface area contributed by atoms with E-state index in [2.05, 4.69) is 36.7 Å². The Morgan fingerprint density at radius 3 is 2.59 bits per heavy atom. The van der Waals surface area contributed by atoms with E-state index in [-0.39, 0.29) is 11.5 Å². The Morgan fingerprint density at radius 2 is 1.95 bits per heavy atom.